The maximum Gasteiger partial charge on any atom is 0.251 e. The molecule has 6 N–H and O–H groups in total. The molecule has 0 saturated carbocycles. The Balaban J connectivity index is 1.63. The number of unbranched alkanes of at least 4 members (excludes halogenated alkanes) is 1. The van der Waals surface area contributed by atoms with Gasteiger partial charge in [0, 0.05) is 42.8 Å². The van der Waals surface area contributed by atoms with Crippen LogP contribution < -0.4 is 22.1 Å². The van der Waals surface area contributed by atoms with Crippen molar-refractivity contribution in [1.82, 2.24) is 19.7 Å². The lowest BCUT2D eigenvalue weighted by Crippen LogP contribution is -2.24. The fourth-order valence-corrected chi connectivity index (χ4v) is 3.56. The summed E-state index contributed by atoms with van der Waals surface area (Å²) in [5.74, 6) is 0.739. The number of carbonyl (C=O) groups is 1. The second-order valence-corrected chi connectivity index (χ2v) is 7.86. The standard InChI is InChI=1S/C25H28N8O/c1-2-3-12-29-24(34)18-10-13-33-21(14-18)32-22(19-5-4-11-28-16-19)23(33)30-15-17-6-8-20(9-7-17)31-25(26)27/h4-11,13-14,16,30H,2-3,12,15H2,1H3,(H,29,34)(H4,26,27,31). The summed E-state index contributed by atoms with van der Waals surface area (Å²) in [5.41, 5.74) is 15.5. The molecule has 4 aromatic rings. The highest BCUT2D eigenvalue weighted by Gasteiger charge is 2.16. The molecule has 0 radical (unpaired) electrons. The van der Waals surface area contributed by atoms with E-state index in [1.54, 1.807) is 24.5 Å². The van der Waals surface area contributed by atoms with Crippen LogP contribution in [0.3, 0.4) is 0 Å². The number of anilines is 1. The highest BCUT2D eigenvalue weighted by atomic mass is 16.1. The molecule has 0 fully saturated rings. The molecule has 0 aliphatic heterocycles. The number of hydrogen-bond donors (Lipinski definition) is 4. The zero-order chi connectivity index (χ0) is 23.9. The lowest BCUT2D eigenvalue weighted by atomic mass is 10.2. The van der Waals surface area contributed by atoms with E-state index in [9.17, 15) is 4.79 Å². The van der Waals surface area contributed by atoms with Gasteiger partial charge in [-0.3, -0.25) is 14.2 Å². The van der Waals surface area contributed by atoms with Gasteiger partial charge in [0.25, 0.3) is 5.91 Å². The summed E-state index contributed by atoms with van der Waals surface area (Å²) in [4.78, 5) is 25.6. The van der Waals surface area contributed by atoms with Crippen LogP contribution in [0.4, 0.5) is 11.5 Å². The number of nitrogens with zero attached hydrogens (tertiary/aromatic N) is 4. The maximum absolute atomic E-state index is 12.5. The molecular formula is C25H28N8O. The fraction of sp³-hybridized carbons (Fsp3) is 0.200. The van der Waals surface area contributed by atoms with Crippen molar-refractivity contribution in [3.63, 3.8) is 0 Å². The number of amides is 1. The molecule has 34 heavy (non-hydrogen) atoms. The van der Waals surface area contributed by atoms with Gasteiger partial charge >= 0.3 is 0 Å². The van der Waals surface area contributed by atoms with Crippen LogP contribution in [0.25, 0.3) is 16.9 Å². The number of aromatic nitrogens is 3. The number of fused-ring (bicyclic) bond motifs is 1. The average Bonchev–Trinajstić information content (AvgIpc) is 3.21. The molecule has 0 atom stereocenters. The third-order valence-electron chi connectivity index (χ3n) is 5.29. The zero-order valence-electron chi connectivity index (χ0n) is 19.0. The number of pyridine rings is 2. The zero-order valence-corrected chi connectivity index (χ0v) is 19.0. The summed E-state index contributed by atoms with van der Waals surface area (Å²) >= 11 is 0. The first-order chi connectivity index (χ1) is 16.5. The number of guanidine groups is 1. The van der Waals surface area contributed by atoms with Crippen LogP contribution in [0.15, 0.2) is 72.1 Å². The van der Waals surface area contributed by atoms with Gasteiger partial charge < -0.3 is 22.1 Å². The summed E-state index contributed by atoms with van der Waals surface area (Å²) in [6, 6.07) is 15.1. The molecular weight excluding hydrogens is 428 g/mol. The van der Waals surface area contributed by atoms with Crippen molar-refractivity contribution >= 4 is 29.0 Å². The molecule has 0 bridgehead atoms. The Hall–Kier alpha value is -4.40. The van der Waals surface area contributed by atoms with Gasteiger partial charge in [-0.15, -0.1) is 0 Å². The van der Waals surface area contributed by atoms with E-state index in [0.29, 0.717) is 30.0 Å². The average molecular weight is 457 g/mol. The van der Waals surface area contributed by atoms with Crippen molar-refractivity contribution < 1.29 is 4.79 Å². The first-order valence-electron chi connectivity index (χ1n) is 11.2. The number of imidazole rings is 1. The van der Waals surface area contributed by atoms with E-state index < -0.39 is 0 Å². The first kappa shape index (κ1) is 22.8. The minimum Gasteiger partial charge on any atom is -0.370 e. The molecule has 0 aliphatic carbocycles. The Morgan fingerprint density at radius 1 is 1.15 bits per heavy atom. The molecule has 0 aliphatic rings. The molecule has 1 aromatic carbocycles. The van der Waals surface area contributed by atoms with Crippen molar-refractivity contribution in [2.24, 2.45) is 16.5 Å². The van der Waals surface area contributed by atoms with Crippen molar-refractivity contribution in [2.75, 3.05) is 11.9 Å². The largest absolute Gasteiger partial charge is 0.370 e. The molecule has 4 rings (SSSR count). The molecule has 9 heteroatoms. The summed E-state index contributed by atoms with van der Waals surface area (Å²) in [6.07, 6.45) is 7.34. The van der Waals surface area contributed by atoms with E-state index in [-0.39, 0.29) is 11.9 Å². The van der Waals surface area contributed by atoms with Crippen molar-refractivity contribution in [2.45, 2.75) is 26.3 Å². The Morgan fingerprint density at radius 2 is 1.97 bits per heavy atom. The van der Waals surface area contributed by atoms with Crippen molar-refractivity contribution in [3.05, 3.63) is 78.2 Å². The topological polar surface area (TPSA) is 136 Å². The summed E-state index contributed by atoms with van der Waals surface area (Å²) in [6.45, 7) is 3.31. The predicted octanol–water partition coefficient (Wildman–Crippen LogP) is 3.44. The number of aliphatic imine (C=N–C) groups is 1. The molecule has 3 aromatic heterocycles. The molecule has 1 amide bonds. The number of hydrogen-bond acceptors (Lipinski definition) is 5. The summed E-state index contributed by atoms with van der Waals surface area (Å²) in [5, 5.41) is 6.44. The third kappa shape index (κ3) is 5.32. The second-order valence-electron chi connectivity index (χ2n) is 7.86. The van der Waals surface area contributed by atoms with Gasteiger partial charge in [-0.05, 0) is 48.4 Å². The van der Waals surface area contributed by atoms with Crippen LogP contribution in [-0.4, -0.2) is 32.8 Å². The number of nitrogens with two attached hydrogens (primary N) is 2. The van der Waals surface area contributed by atoms with E-state index in [2.05, 4.69) is 27.5 Å². The molecule has 0 spiro atoms. The van der Waals surface area contributed by atoms with Gasteiger partial charge in [-0.25, -0.2) is 9.98 Å². The Bertz CT molecular complexity index is 1290. The van der Waals surface area contributed by atoms with E-state index in [1.807, 2.05) is 47.0 Å². The monoisotopic (exact) mass is 456 g/mol. The lowest BCUT2D eigenvalue weighted by molar-refractivity contribution is 0.0953. The molecule has 174 valence electrons. The van der Waals surface area contributed by atoms with Crippen LogP contribution in [0.5, 0.6) is 0 Å². The van der Waals surface area contributed by atoms with Gasteiger partial charge in [0.1, 0.15) is 17.2 Å². The maximum atomic E-state index is 12.5. The molecule has 3 heterocycles. The normalized spacial score (nSPS) is 10.7. The van der Waals surface area contributed by atoms with Crippen molar-refractivity contribution in [3.8, 4) is 11.3 Å². The van der Waals surface area contributed by atoms with Crippen LogP contribution in [0, 0.1) is 0 Å². The smallest absolute Gasteiger partial charge is 0.251 e. The van der Waals surface area contributed by atoms with Gasteiger partial charge in [0.2, 0.25) is 0 Å². The number of carbonyl (C=O) groups excluding carboxylic acids is 1. The lowest BCUT2D eigenvalue weighted by Gasteiger charge is -2.10. The molecule has 0 unspecified atom stereocenters. The number of rotatable bonds is 9. The van der Waals surface area contributed by atoms with Gasteiger partial charge in [-0.2, -0.15) is 0 Å². The van der Waals surface area contributed by atoms with Crippen LogP contribution in [0.2, 0.25) is 0 Å². The van der Waals surface area contributed by atoms with Crippen LogP contribution in [0.1, 0.15) is 35.7 Å². The van der Waals surface area contributed by atoms with E-state index in [1.165, 1.54) is 0 Å². The van der Waals surface area contributed by atoms with Crippen molar-refractivity contribution in [1.29, 1.82) is 0 Å². The Labute approximate surface area is 197 Å². The first-order valence-corrected chi connectivity index (χ1v) is 11.2. The number of nitrogens with one attached hydrogen (secondary N) is 2. The fourth-order valence-electron chi connectivity index (χ4n) is 3.56. The Kier molecular flexibility index (Phi) is 7.02. The van der Waals surface area contributed by atoms with E-state index in [4.69, 9.17) is 16.5 Å². The Morgan fingerprint density at radius 3 is 2.68 bits per heavy atom. The summed E-state index contributed by atoms with van der Waals surface area (Å²) in [7, 11) is 0. The molecule has 9 nitrogen and oxygen atoms in total. The quantitative estimate of drug-likeness (QED) is 0.173. The third-order valence-corrected chi connectivity index (χ3v) is 5.29. The van der Waals surface area contributed by atoms with Gasteiger partial charge in [0.15, 0.2) is 5.96 Å². The minimum absolute atomic E-state index is 0.0242. The predicted molar refractivity (Wildman–Crippen MR) is 135 cm³/mol. The van der Waals surface area contributed by atoms with Gasteiger partial charge in [-0.1, -0.05) is 25.5 Å². The van der Waals surface area contributed by atoms with Gasteiger partial charge in [0.05, 0.1) is 5.69 Å². The molecule has 0 saturated heterocycles. The van der Waals surface area contributed by atoms with Crippen LogP contribution in [-0.2, 0) is 6.54 Å². The highest BCUT2D eigenvalue weighted by Crippen LogP contribution is 2.29. The van der Waals surface area contributed by atoms with Crippen LogP contribution >= 0.6 is 0 Å². The SMILES string of the molecule is CCCCNC(=O)c1ccn2c(NCc3ccc(N=C(N)N)cc3)c(-c3cccnc3)nc2c1. The highest BCUT2D eigenvalue weighted by molar-refractivity contribution is 5.95. The minimum atomic E-state index is -0.0998. The van der Waals surface area contributed by atoms with E-state index in [0.717, 1.165) is 35.5 Å². The number of benzene rings is 1. The van der Waals surface area contributed by atoms with E-state index >= 15 is 0 Å². The summed E-state index contributed by atoms with van der Waals surface area (Å²) < 4.78 is 1.94. The second kappa shape index (κ2) is 10.5.